The lowest BCUT2D eigenvalue weighted by atomic mass is 10.1. The SMILES string of the molecule is CCNC(=NCCc1nc(-c2ccc(Cl)cc2)no1)N1CCC(CN(CC)CC)C1. The van der Waals surface area contributed by atoms with Gasteiger partial charge in [-0.05, 0) is 56.6 Å². The van der Waals surface area contributed by atoms with Gasteiger partial charge in [-0.2, -0.15) is 4.98 Å². The lowest BCUT2D eigenvalue weighted by Gasteiger charge is -2.24. The highest BCUT2D eigenvalue weighted by molar-refractivity contribution is 6.30. The first-order chi connectivity index (χ1) is 14.6. The van der Waals surface area contributed by atoms with Gasteiger partial charge in [0.25, 0.3) is 0 Å². The van der Waals surface area contributed by atoms with Gasteiger partial charge >= 0.3 is 0 Å². The molecule has 1 N–H and O–H groups in total. The standard InChI is InChI=1S/C22H33ClN6O/c1-4-24-22(29-14-12-17(16-29)15-28(5-2)6-3)25-13-11-20-26-21(27-30-20)18-7-9-19(23)10-8-18/h7-10,17H,4-6,11-16H2,1-3H3,(H,24,25). The topological polar surface area (TPSA) is 69.8 Å². The van der Waals surface area contributed by atoms with Crippen LogP contribution in [0.2, 0.25) is 5.02 Å². The molecule has 1 atom stereocenters. The minimum atomic E-state index is 0.580. The van der Waals surface area contributed by atoms with Crippen molar-refractivity contribution in [1.82, 2.24) is 25.3 Å². The highest BCUT2D eigenvalue weighted by atomic mass is 35.5. The number of nitrogens with zero attached hydrogens (tertiary/aromatic N) is 5. The summed E-state index contributed by atoms with van der Waals surface area (Å²) in [6.07, 6.45) is 1.83. The average molecular weight is 433 g/mol. The van der Waals surface area contributed by atoms with Crippen molar-refractivity contribution in [3.05, 3.63) is 35.2 Å². The van der Waals surface area contributed by atoms with Crippen LogP contribution in [0.5, 0.6) is 0 Å². The number of hydrogen-bond acceptors (Lipinski definition) is 5. The monoisotopic (exact) mass is 432 g/mol. The summed E-state index contributed by atoms with van der Waals surface area (Å²) in [5.74, 6) is 2.86. The van der Waals surface area contributed by atoms with Crippen LogP contribution in [0.3, 0.4) is 0 Å². The fourth-order valence-electron chi connectivity index (χ4n) is 3.78. The zero-order chi connectivity index (χ0) is 21.3. The van der Waals surface area contributed by atoms with E-state index in [2.05, 4.69) is 46.0 Å². The van der Waals surface area contributed by atoms with Gasteiger partial charge < -0.3 is 19.6 Å². The van der Waals surface area contributed by atoms with E-state index in [-0.39, 0.29) is 0 Å². The minimum absolute atomic E-state index is 0.580. The van der Waals surface area contributed by atoms with Crippen molar-refractivity contribution < 1.29 is 4.52 Å². The summed E-state index contributed by atoms with van der Waals surface area (Å²) in [5.41, 5.74) is 0.891. The molecule has 0 spiro atoms. The number of benzene rings is 1. The lowest BCUT2D eigenvalue weighted by Crippen LogP contribution is -2.41. The third-order valence-corrected chi connectivity index (χ3v) is 5.74. The number of likely N-dealkylation sites (tertiary alicyclic amines) is 1. The van der Waals surface area contributed by atoms with Crippen molar-refractivity contribution in [1.29, 1.82) is 0 Å². The number of rotatable bonds is 9. The van der Waals surface area contributed by atoms with E-state index in [1.54, 1.807) is 0 Å². The minimum Gasteiger partial charge on any atom is -0.357 e. The van der Waals surface area contributed by atoms with Crippen molar-refractivity contribution in [3.8, 4) is 11.4 Å². The van der Waals surface area contributed by atoms with Crippen molar-refractivity contribution in [3.63, 3.8) is 0 Å². The highest BCUT2D eigenvalue weighted by Crippen LogP contribution is 2.19. The Labute approximate surface area is 184 Å². The predicted molar refractivity (Wildman–Crippen MR) is 122 cm³/mol. The smallest absolute Gasteiger partial charge is 0.228 e. The fourth-order valence-corrected chi connectivity index (χ4v) is 3.90. The fraction of sp³-hybridized carbons (Fsp3) is 0.591. The van der Waals surface area contributed by atoms with Gasteiger partial charge in [-0.25, -0.2) is 0 Å². The summed E-state index contributed by atoms with van der Waals surface area (Å²) in [4.78, 5) is 14.2. The Hall–Kier alpha value is -2.12. The first kappa shape index (κ1) is 22.6. The Morgan fingerprint density at radius 2 is 2.03 bits per heavy atom. The van der Waals surface area contributed by atoms with Gasteiger partial charge in [-0.1, -0.05) is 30.6 Å². The first-order valence-corrected chi connectivity index (χ1v) is 11.3. The summed E-state index contributed by atoms with van der Waals surface area (Å²) in [5, 5.41) is 8.19. The summed E-state index contributed by atoms with van der Waals surface area (Å²) in [7, 11) is 0. The van der Waals surface area contributed by atoms with Gasteiger partial charge in [0, 0.05) is 43.2 Å². The number of aliphatic imine (C=N–C) groups is 1. The number of hydrogen-bond donors (Lipinski definition) is 1. The van der Waals surface area contributed by atoms with Crippen LogP contribution >= 0.6 is 11.6 Å². The van der Waals surface area contributed by atoms with Gasteiger partial charge in [-0.3, -0.25) is 4.99 Å². The summed E-state index contributed by atoms with van der Waals surface area (Å²) in [6, 6.07) is 7.42. The van der Waals surface area contributed by atoms with Crippen molar-refractivity contribution in [2.24, 2.45) is 10.9 Å². The molecule has 0 saturated carbocycles. The van der Waals surface area contributed by atoms with E-state index < -0.39 is 0 Å². The molecule has 30 heavy (non-hydrogen) atoms. The van der Waals surface area contributed by atoms with E-state index >= 15 is 0 Å². The molecule has 3 rings (SSSR count). The summed E-state index contributed by atoms with van der Waals surface area (Å²) < 4.78 is 5.40. The van der Waals surface area contributed by atoms with Crippen LogP contribution in [0.15, 0.2) is 33.8 Å². The summed E-state index contributed by atoms with van der Waals surface area (Å²) >= 11 is 5.94. The quantitative estimate of drug-likeness (QED) is 0.482. The number of aromatic nitrogens is 2. The van der Waals surface area contributed by atoms with E-state index in [9.17, 15) is 0 Å². The Morgan fingerprint density at radius 1 is 1.27 bits per heavy atom. The largest absolute Gasteiger partial charge is 0.357 e. The molecule has 1 aromatic heterocycles. The third kappa shape index (κ3) is 6.19. The Morgan fingerprint density at radius 3 is 2.73 bits per heavy atom. The van der Waals surface area contributed by atoms with Gasteiger partial charge in [0.1, 0.15) is 0 Å². The van der Waals surface area contributed by atoms with Gasteiger partial charge in [0.15, 0.2) is 5.96 Å². The Kier molecular flexibility index (Phi) is 8.51. The van der Waals surface area contributed by atoms with E-state index in [0.717, 1.165) is 44.2 Å². The summed E-state index contributed by atoms with van der Waals surface area (Å²) in [6.45, 7) is 13.6. The van der Waals surface area contributed by atoms with E-state index in [1.165, 1.54) is 13.0 Å². The maximum absolute atomic E-state index is 5.94. The molecule has 1 unspecified atom stereocenters. The first-order valence-electron chi connectivity index (χ1n) is 11.0. The van der Waals surface area contributed by atoms with Gasteiger partial charge in [0.05, 0.1) is 6.54 Å². The molecule has 1 saturated heterocycles. The molecular formula is C22H33ClN6O. The van der Waals surface area contributed by atoms with Crippen LogP contribution in [0.4, 0.5) is 0 Å². The molecule has 0 aliphatic carbocycles. The maximum atomic E-state index is 5.94. The number of guanidine groups is 1. The van der Waals surface area contributed by atoms with Crippen molar-refractivity contribution in [2.75, 3.05) is 45.8 Å². The second-order valence-electron chi connectivity index (χ2n) is 7.59. The maximum Gasteiger partial charge on any atom is 0.228 e. The lowest BCUT2D eigenvalue weighted by molar-refractivity contribution is 0.255. The molecule has 1 aliphatic heterocycles. The van der Waals surface area contributed by atoms with Gasteiger partial charge in [0.2, 0.25) is 11.7 Å². The molecule has 1 aromatic carbocycles. The normalized spacial score (nSPS) is 17.2. The van der Waals surface area contributed by atoms with Crippen LogP contribution in [-0.2, 0) is 6.42 Å². The van der Waals surface area contributed by atoms with Crippen LogP contribution in [-0.4, -0.2) is 71.7 Å². The zero-order valence-electron chi connectivity index (χ0n) is 18.3. The van der Waals surface area contributed by atoms with Crippen LogP contribution < -0.4 is 5.32 Å². The van der Waals surface area contributed by atoms with Crippen molar-refractivity contribution in [2.45, 2.75) is 33.6 Å². The Bertz CT molecular complexity index is 802. The molecule has 0 amide bonds. The third-order valence-electron chi connectivity index (χ3n) is 5.49. The molecule has 1 aliphatic rings. The second-order valence-corrected chi connectivity index (χ2v) is 8.03. The molecule has 164 valence electrons. The van der Waals surface area contributed by atoms with Crippen molar-refractivity contribution >= 4 is 17.6 Å². The van der Waals surface area contributed by atoms with Crippen LogP contribution in [0.1, 0.15) is 33.1 Å². The molecule has 7 nitrogen and oxygen atoms in total. The van der Waals surface area contributed by atoms with Crippen LogP contribution in [0, 0.1) is 5.92 Å². The van der Waals surface area contributed by atoms with E-state index in [1.807, 2.05) is 24.3 Å². The molecule has 0 bridgehead atoms. The second kappa shape index (κ2) is 11.3. The predicted octanol–water partition coefficient (Wildman–Crippen LogP) is 3.56. The average Bonchev–Trinajstić information content (AvgIpc) is 3.42. The zero-order valence-corrected chi connectivity index (χ0v) is 19.0. The molecule has 2 aromatic rings. The Balaban J connectivity index is 1.55. The molecule has 0 radical (unpaired) electrons. The van der Waals surface area contributed by atoms with Gasteiger partial charge in [-0.15, -0.1) is 0 Å². The van der Waals surface area contributed by atoms with E-state index in [4.69, 9.17) is 21.1 Å². The number of halogens is 1. The molecule has 1 fully saturated rings. The number of nitrogens with one attached hydrogen (secondary N) is 1. The molecule has 2 heterocycles. The van der Waals surface area contributed by atoms with Crippen LogP contribution in [0.25, 0.3) is 11.4 Å². The molecule has 8 heteroatoms. The molecular weight excluding hydrogens is 400 g/mol. The highest BCUT2D eigenvalue weighted by Gasteiger charge is 2.25. The van der Waals surface area contributed by atoms with E-state index in [0.29, 0.717) is 35.6 Å².